The summed E-state index contributed by atoms with van der Waals surface area (Å²) in [6.45, 7) is 2.04. The van der Waals surface area contributed by atoms with Crippen LogP contribution in [-0.2, 0) is 29.9 Å². The summed E-state index contributed by atoms with van der Waals surface area (Å²) in [4.78, 5) is 31.4. The number of nitrogens with two attached hydrogens (primary N) is 1. The van der Waals surface area contributed by atoms with Gasteiger partial charge >= 0.3 is 0 Å². The predicted molar refractivity (Wildman–Crippen MR) is 124 cm³/mol. The molecular formula is C22H21N5O3S2. The molecule has 0 saturated carbocycles. The van der Waals surface area contributed by atoms with Crippen molar-refractivity contribution < 1.29 is 9.21 Å². The first-order valence-corrected chi connectivity index (χ1v) is 12.1. The Kier molecular flexibility index (Phi) is 5.56. The van der Waals surface area contributed by atoms with E-state index in [1.807, 2.05) is 6.07 Å². The SMILES string of the molecule is CC1CCc2sc(-c3nnc(SCc4nc5ccccc5c(=O)n4CC(N)=O)o3)cc2C1. The Hall–Kier alpha value is -2.98. The Bertz CT molecular complexity index is 1370. The van der Waals surface area contributed by atoms with Crippen LogP contribution in [0.3, 0.4) is 0 Å². The summed E-state index contributed by atoms with van der Waals surface area (Å²) < 4.78 is 7.19. The van der Waals surface area contributed by atoms with Crippen LogP contribution >= 0.6 is 23.1 Å². The summed E-state index contributed by atoms with van der Waals surface area (Å²) in [5.41, 5.74) is 7.01. The van der Waals surface area contributed by atoms with Crippen LogP contribution in [0.2, 0.25) is 0 Å². The third kappa shape index (κ3) is 4.07. The summed E-state index contributed by atoms with van der Waals surface area (Å²) in [5, 5.41) is 9.18. The Labute approximate surface area is 191 Å². The van der Waals surface area contributed by atoms with Gasteiger partial charge in [-0.1, -0.05) is 30.8 Å². The molecular weight excluding hydrogens is 446 g/mol. The Balaban J connectivity index is 1.39. The maximum atomic E-state index is 12.9. The molecule has 1 unspecified atom stereocenters. The van der Waals surface area contributed by atoms with Gasteiger partial charge in [-0.05, 0) is 48.9 Å². The van der Waals surface area contributed by atoms with Gasteiger partial charge in [-0.3, -0.25) is 14.2 Å². The van der Waals surface area contributed by atoms with Crippen molar-refractivity contribution in [3.05, 3.63) is 57.0 Å². The smallest absolute Gasteiger partial charge is 0.277 e. The van der Waals surface area contributed by atoms with E-state index in [0.717, 1.165) is 17.7 Å². The number of rotatable bonds is 6. The van der Waals surface area contributed by atoms with Gasteiger partial charge in [0.05, 0.1) is 21.5 Å². The summed E-state index contributed by atoms with van der Waals surface area (Å²) >= 11 is 2.99. The number of thiophene rings is 1. The minimum absolute atomic E-state index is 0.235. The molecule has 1 aliphatic rings. The molecule has 3 heterocycles. The molecule has 1 amide bonds. The van der Waals surface area contributed by atoms with Gasteiger partial charge < -0.3 is 10.2 Å². The van der Waals surface area contributed by atoms with Crippen molar-refractivity contribution in [2.75, 3.05) is 0 Å². The monoisotopic (exact) mass is 467 g/mol. The second kappa shape index (κ2) is 8.51. The van der Waals surface area contributed by atoms with E-state index in [4.69, 9.17) is 10.2 Å². The van der Waals surface area contributed by atoms with Crippen LogP contribution in [0, 0.1) is 5.92 Å². The van der Waals surface area contributed by atoms with E-state index in [2.05, 4.69) is 28.2 Å². The maximum Gasteiger partial charge on any atom is 0.277 e. The Morgan fingerprint density at radius 2 is 2.19 bits per heavy atom. The highest BCUT2D eigenvalue weighted by atomic mass is 32.2. The molecule has 1 aromatic carbocycles. The van der Waals surface area contributed by atoms with E-state index in [0.29, 0.717) is 33.8 Å². The van der Waals surface area contributed by atoms with Gasteiger partial charge in [-0.15, -0.1) is 21.5 Å². The van der Waals surface area contributed by atoms with Crippen molar-refractivity contribution in [1.29, 1.82) is 0 Å². The van der Waals surface area contributed by atoms with Crippen LogP contribution in [-0.4, -0.2) is 25.7 Å². The van der Waals surface area contributed by atoms with Crippen LogP contribution in [0.15, 0.2) is 44.8 Å². The van der Waals surface area contributed by atoms with Crippen molar-refractivity contribution in [3.8, 4) is 10.8 Å². The van der Waals surface area contributed by atoms with Gasteiger partial charge in [0.25, 0.3) is 16.7 Å². The largest absolute Gasteiger partial charge is 0.410 e. The van der Waals surface area contributed by atoms with Crippen LogP contribution < -0.4 is 11.3 Å². The number of fused-ring (bicyclic) bond motifs is 2. The minimum atomic E-state index is -0.605. The highest BCUT2D eigenvalue weighted by molar-refractivity contribution is 7.98. The lowest BCUT2D eigenvalue weighted by Gasteiger charge is -2.16. The standard InChI is InChI=1S/C22H21N5O3S2/c1-12-6-7-16-13(8-12)9-17(32-16)20-25-26-22(30-20)31-11-19-24-15-5-3-2-4-14(15)21(29)27(19)10-18(23)28/h2-5,9,12H,6-8,10-11H2,1H3,(H2,23,28). The zero-order chi connectivity index (χ0) is 22.2. The molecule has 2 N–H and O–H groups in total. The Morgan fingerprint density at radius 1 is 1.34 bits per heavy atom. The summed E-state index contributed by atoms with van der Waals surface area (Å²) in [6, 6.07) is 9.19. The summed E-state index contributed by atoms with van der Waals surface area (Å²) in [7, 11) is 0. The second-order valence-electron chi connectivity index (χ2n) is 7.97. The molecule has 0 fully saturated rings. The van der Waals surface area contributed by atoms with Gasteiger partial charge in [0.15, 0.2) is 0 Å². The first-order chi connectivity index (χ1) is 15.5. The molecule has 5 rings (SSSR count). The second-order valence-corrected chi connectivity index (χ2v) is 10.0. The van der Waals surface area contributed by atoms with E-state index in [9.17, 15) is 9.59 Å². The lowest BCUT2D eigenvalue weighted by Crippen LogP contribution is -2.31. The average Bonchev–Trinajstić information content (AvgIpc) is 3.41. The molecule has 10 heteroatoms. The lowest BCUT2D eigenvalue weighted by atomic mass is 9.90. The molecule has 0 spiro atoms. The van der Waals surface area contributed by atoms with E-state index >= 15 is 0 Å². The number of aryl methyl sites for hydroxylation is 1. The van der Waals surface area contributed by atoms with Crippen molar-refractivity contribution in [2.24, 2.45) is 11.7 Å². The van der Waals surface area contributed by atoms with Crippen molar-refractivity contribution >= 4 is 39.9 Å². The maximum absolute atomic E-state index is 12.9. The number of carbonyl (C=O) groups excluding carboxylic acids is 1. The fourth-order valence-electron chi connectivity index (χ4n) is 3.95. The van der Waals surface area contributed by atoms with Crippen LogP contribution in [0.5, 0.6) is 0 Å². The quantitative estimate of drug-likeness (QED) is 0.432. The molecule has 0 bridgehead atoms. The van der Waals surface area contributed by atoms with Gasteiger partial charge in [0, 0.05) is 4.88 Å². The van der Waals surface area contributed by atoms with E-state index in [1.165, 1.54) is 33.2 Å². The number of carbonyl (C=O) groups is 1. The van der Waals surface area contributed by atoms with Crippen LogP contribution in [0.4, 0.5) is 0 Å². The van der Waals surface area contributed by atoms with Crippen molar-refractivity contribution in [2.45, 2.75) is 43.7 Å². The zero-order valence-corrected chi connectivity index (χ0v) is 19.0. The molecule has 0 saturated heterocycles. The van der Waals surface area contributed by atoms with Gasteiger partial charge in [-0.25, -0.2) is 4.98 Å². The number of nitrogens with zero attached hydrogens (tertiary/aromatic N) is 4. The van der Waals surface area contributed by atoms with Crippen LogP contribution in [0.1, 0.15) is 29.6 Å². The normalized spacial score (nSPS) is 15.7. The zero-order valence-electron chi connectivity index (χ0n) is 17.4. The number of benzene rings is 1. The third-order valence-electron chi connectivity index (χ3n) is 5.53. The van der Waals surface area contributed by atoms with Gasteiger partial charge in [0.1, 0.15) is 12.4 Å². The fourth-order valence-corrected chi connectivity index (χ4v) is 5.79. The summed E-state index contributed by atoms with van der Waals surface area (Å²) in [5.74, 6) is 1.31. The molecule has 1 atom stereocenters. The third-order valence-corrected chi connectivity index (χ3v) is 7.57. The van der Waals surface area contributed by atoms with Crippen molar-refractivity contribution in [1.82, 2.24) is 19.7 Å². The fraction of sp³-hybridized carbons (Fsp3) is 0.318. The number of para-hydroxylation sites is 1. The molecule has 0 radical (unpaired) electrons. The summed E-state index contributed by atoms with van der Waals surface area (Å²) in [6.07, 6.45) is 3.40. The molecule has 1 aliphatic carbocycles. The molecule has 0 aliphatic heterocycles. The Morgan fingerprint density at radius 3 is 3.03 bits per heavy atom. The molecule has 8 nitrogen and oxygen atoms in total. The predicted octanol–water partition coefficient (Wildman–Crippen LogP) is 3.41. The van der Waals surface area contributed by atoms with Crippen molar-refractivity contribution in [3.63, 3.8) is 0 Å². The molecule has 3 aromatic heterocycles. The number of amides is 1. The lowest BCUT2D eigenvalue weighted by molar-refractivity contribution is -0.118. The number of primary amides is 1. The topological polar surface area (TPSA) is 117 Å². The highest BCUT2D eigenvalue weighted by Crippen LogP contribution is 2.37. The average molecular weight is 468 g/mol. The number of hydrogen-bond acceptors (Lipinski definition) is 8. The molecule has 164 valence electrons. The molecule has 4 aromatic rings. The van der Waals surface area contributed by atoms with Gasteiger partial charge in [-0.2, -0.15) is 0 Å². The first kappa shape index (κ1) is 20.9. The van der Waals surface area contributed by atoms with E-state index in [1.54, 1.807) is 29.5 Å². The van der Waals surface area contributed by atoms with E-state index < -0.39 is 5.91 Å². The molecule has 32 heavy (non-hydrogen) atoms. The van der Waals surface area contributed by atoms with Gasteiger partial charge in [0.2, 0.25) is 5.91 Å². The highest BCUT2D eigenvalue weighted by Gasteiger charge is 2.21. The number of thioether (sulfide) groups is 1. The minimum Gasteiger partial charge on any atom is -0.410 e. The number of aromatic nitrogens is 4. The van der Waals surface area contributed by atoms with E-state index in [-0.39, 0.29) is 17.9 Å². The van der Waals surface area contributed by atoms with Crippen LogP contribution in [0.25, 0.3) is 21.7 Å². The number of hydrogen-bond donors (Lipinski definition) is 1. The first-order valence-electron chi connectivity index (χ1n) is 10.3.